The van der Waals surface area contributed by atoms with Crippen LogP contribution in [-0.4, -0.2) is 68.1 Å². The van der Waals surface area contributed by atoms with Gasteiger partial charge in [0.15, 0.2) is 0 Å². The molecule has 6 nitrogen and oxygen atoms in total. The lowest BCUT2D eigenvalue weighted by atomic mass is 10.2. The Morgan fingerprint density at radius 1 is 0.966 bits per heavy atom. The monoisotopic (exact) mass is 393 g/mol. The van der Waals surface area contributed by atoms with Crippen LogP contribution in [0.1, 0.15) is 15.9 Å². The molecule has 0 atom stereocenters. The molecule has 0 radical (unpaired) electrons. The highest BCUT2D eigenvalue weighted by molar-refractivity contribution is 5.94. The Bertz CT molecular complexity index is 826. The standard InChI is InChI=1S/C23H27N3O3/c1-29-23(28)20-9-11-21(12-10-20)24-22(27)18-26-16-14-25(15-17-26)13-5-8-19-6-3-2-4-7-19/h2-12H,13-18H2,1H3,(H,24,27)/b8-5+. The van der Waals surface area contributed by atoms with Crippen LogP contribution in [0, 0.1) is 0 Å². The molecule has 3 rings (SSSR count). The van der Waals surface area contributed by atoms with Crippen molar-refractivity contribution in [3.63, 3.8) is 0 Å². The lowest BCUT2D eigenvalue weighted by Crippen LogP contribution is -2.48. The van der Waals surface area contributed by atoms with E-state index in [-0.39, 0.29) is 11.9 Å². The molecule has 1 heterocycles. The lowest BCUT2D eigenvalue weighted by Gasteiger charge is -2.33. The van der Waals surface area contributed by atoms with Crippen LogP contribution in [0.4, 0.5) is 5.69 Å². The summed E-state index contributed by atoms with van der Waals surface area (Å²) in [4.78, 5) is 28.3. The topological polar surface area (TPSA) is 61.9 Å². The number of benzene rings is 2. The van der Waals surface area contributed by atoms with E-state index in [0.717, 1.165) is 32.7 Å². The van der Waals surface area contributed by atoms with E-state index in [0.29, 0.717) is 17.8 Å². The van der Waals surface area contributed by atoms with E-state index < -0.39 is 0 Å². The van der Waals surface area contributed by atoms with Crippen molar-refractivity contribution in [2.75, 3.05) is 51.7 Å². The minimum atomic E-state index is -0.389. The maximum atomic E-state index is 12.3. The Labute approximate surface area is 171 Å². The average molecular weight is 393 g/mol. The first kappa shape index (κ1) is 20.8. The van der Waals surface area contributed by atoms with E-state index in [1.807, 2.05) is 18.2 Å². The van der Waals surface area contributed by atoms with Gasteiger partial charge in [0.1, 0.15) is 0 Å². The number of piperazine rings is 1. The molecule has 1 amide bonds. The summed E-state index contributed by atoms with van der Waals surface area (Å²) in [5.41, 5.74) is 2.35. The van der Waals surface area contributed by atoms with Gasteiger partial charge in [0.2, 0.25) is 5.91 Å². The number of hydrogen-bond acceptors (Lipinski definition) is 5. The number of anilines is 1. The Morgan fingerprint density at radius 2 is 1.62 bits per heavy atom. The second kappa shape index (κ2) is 10.5. The normalized spacial score (nSPS) is 15.3. The maximum Gasteiger partial charge on any atom is 0.337 e. The molecule has 0 aliphatic carbocycles. The third kappa shape index (κ3) is 6.55. The molecule has 0 bridgehead atoms. The van der Waals surface area contributed by atoms with Crippen LogP contribution in [0.3, 0.4) is 0 Å². The molecule has 0 spiro atoms. The lowest BCUT2D eigenvalue weighted by molar-refractivity contribution is -0.117. The molecule has 1 aliphatic rings. The SMILES string of the molecule is COC(=O)c1ccc(NC(=O)CN2CCN(C/C=C/c3ccccc3)CC2)cc1. The molecule has 1 N–H and O–H groups in total. The number of rotatable bonds is 7. The zero-order chi connectivity index (χ0) is 20.5. The van der Waals surface area contributed by atoms with Gasteiger partial charge >= 0.3 is 5.97 Å². The van der Waals surface area contributed by atoms with Crippen molar-refractivity contribution in [3.8, 4) is 0 Å². The van der Waals surface area contributed by atoms with Crippen LogP contribution < -0.4 is 5.32 Å². The molecular weight excluding hydrogens is 366 g/mol. The minimum Gasteiger partial charge on any atom is -0.465 e. The first-order valence-electron chi connectivity index (χ1n) is 9.78. The molecule has 0 saturated carbocycles. The number of carbonyl (C=O) groups is 2. The van der Waals surface area contributed by atoms with Gasteiger partial charge in [-0.1, -0.05) is 42.5 Å². The smallest absolute Gasteiger partial charge is 0.337 e. The van der Waals surface area contributed by atoms with Gasteiger partial charge in [-0.05, 0) is 29.8 Å². The van der Waals surface area contributed by atoms with E-state index >= 15 is 0 Å². The van der Waals surface area contributed by atoms with Gasteiger partial charge in [-0.3, -0.25) is 14.6 Å². The van der Waals surface area contributed by atoms with E-state index in [1.165, 1.54) is 12.7 Å². The van der Waals surface area contributed by atoms with Gasteiger partial charge in [0.25, 0.3) is 0 Å². The van der Waals surface area contributed by atoms with Crippen LogP contribution in [0.5, 0.6) is 0 Å². The number of ether oxygens (including phenoxy) is 1. The molecule has 1 fully saturated rings. The van der Waals surface area contributed by atoms with Crippen molar-refractivity contribution in [1.82, 2.24) is 9.80 Å². The molecule has 6 heteroatoms. The quantitative estimate of drug-likeness (QED) is 0.733. The summed E-state index contributed by atoms with van der Waals surface area (Å²) in [5.74, 6) is -0.437. The number of hydrogen-bond donors (Lipinski definition) is 1. The van der Waals surface area contributed by atoms with Crippen molar-refractivity contribution in [2.24, 2.45) is 0 Å². The predicted molar refractivity (Wildman–Crippen MR) is 115 cm³/mol. The van der Waals surface area contributed by atoms with Crippen LogP contribution in [0.25, 0.3) is 6.08 Å². The molecule has 152 valence electrons. The summed E-state index contributed by atoms with van der Waals surface area (Å²) >= 11 is 0. The summed E-state index contributed by atoms with van der Waals surface area (Å²) in [5, 5.41) is 2.88. The summed E-state index contributed by atoms with van der Waals surface area (Å²) in [6, 6.07) is 17.0. The molecule has 1 saturated heterocycles. The summed E-state index contributed by atoms with van der Waals surface area (Å²) in [6.07, 6.45) is 4.33. The van der Waals surface area contributed by atoms with Crippen LogP contribution in [0.15, 0.2) is 60.7 Å². The average Bonchev–Trinajstić information content (AvgIpc) is 2.75. The van der Waals surface area contributed by atoms with Crippen molar-refractivity contribution >= 4 is 23.6 Å². The van der Waals surface area contributed by atoms with Gasteiger partial charge in [0, 0.05) is 38.4 Å². The molecular formula is C23H27N3O3. The molecule has 1 aliphatic heterocycles. The zero-order valence-corrected chi connectivity index (χ0v) is 16.7. The number of nitrogens with zero attached hydrogens (tertiary/aromatic N) is 2. The number of amides is 1. The van der Waals surface area contributed by atoms with Crippen molar-refractivity contribution in [1.29, 1.82) is 0 Å². The third-order valence-electron chi connectivity index (χ3n) is 4.90. The largest absolute Gasteiger partial charge is 0.465 e. The molecule has 2 aromatic carbocycles. The van der Waals surface area contributed by atoms with Crippen LogP contribution >= 0.6 is 0 Å². The summed E-state index contributed by atoms with van der Waals surface area (Å²) < 4.78 is 4.67. The number of carbonyl (C=O) groups excluding carboxylic acids is 2. The molecule has 0 aromatic heterocycles. The fourth-order valence-corrected chi connectivity index (χ4v) is 3.24. The highest BCUT2D eigenvalue weighted by Gasteiger charge is 2.18. The second-order valence-electron chi connectivity index (χ2n) is 7.01. The maximum absolute atomic E-state index is 12.3. The Kier molecular flexibility index (Phi) is 7.55. The van der Waals surface area contributed by atoms with Gasteiger partial charge in [-0.25, -0.2) is 4.79 Å². The number of nitrogens with one attached hydrogen (secondary N) is 1. The summed E-state index contributed by atoms with van der Waals surface area (Å²) in [6.45, 7) is 4.91. The van der Waals surface area contributed by atoms with Gasteiger partial charge in [-0.2, -0.15) is 0 Å². The third-order valence-corrected chi connectivity index (χ3v) is 4.90. The van der Waals surface area contributed by atoms with Crippen molar-refractivity contribution in [2.45, 2.75) is 0 Å². The fraction of sp³-hybridized carbons (Fsp3) is 0.304. The molecule has 0 unspecified atom stereocenters. The highest BCUT2D eigenvalue weighted by atomic mass is 16.5. The van der Waals surface area contributed by atoms with E-state index in [1.54, 1.807) is 24.3 Å². The van der Waals surface area contributed by atoms with E-state index in [2.05, 4.69) is 44.1 Å². The summed E-state index contributed by atoms with van der Waals surface area (Å²) in [7, 11) is 1.34. The Balaban J connectivity index is 1.38. The second-order valence-corrected chi connectivity index (χ2v) is 7.01. The van der Waals surface area contributed by atoms with Crippen molar-refractivity contribution < 1.29 is 14.3 Å². The number of methoxy groups -OCH3 is 1. The fourth-order valence-electron chi connectivity index (χ4n) is 3.24. The Hall–Kier alpha value is -2.96. The Morgan fingerprint density at radius 3 is 2.28 bits per heavy atom. The highest BCUT2D eigenvalue weighted by Crippen LogP contribution is 2.11. The molecule has 29 heavy (non-hydrogen) atoms. The zero-order valence-electron chi connectivity index (χ0n) is 16.7. The van der Waals surface area contributed by atoms with Crippen molar-refractivity contribution in [3.05, 3.63) is 71.8 Å². The number of esters is 1. The first-order valence-corrected chi connectivity index (χ1v) is 9.78. The van der Waals surface area contributed by atoms with Gasteiger partial charge < -0.3 is 10.1 Å². The minimum absolute atomic E-state index is 0.0479. The predicted octanol–water partition coefficient (Wildman–Crippen LogP) is 2.74. The first-order chi connectivity index (χ1) is 14.1. The van der Waals surface area contributed by atoms with Gasteiger partial charge in [0.05, 0.1) is 19.2 Å². The van der Waals surface area contributed by atoms with Crippen LogP contribution in [0.2, 0.25) is 0 Å². The van der Waals surface area contributed by atoms with E-state index in [4.69, 9.17) is 0 Å². The van der Waals surface area contributed by atoms with E-state index in [9.17, 15) is 9.59 Å². The van der Waals surface area contributed by atoms with Gasteiger partial charge in [-0.15, -0.1) is 0 Å². The van der Waals surface area contributed by atoms with Crippen LogP contribution in [-0.2, 0) is 9.53 Å². The molecule has 2 aromatic rings.